The summed E-state index contributed by atoms with van der Waals surface area (Å²) in [6.07, 6.45) is 1.78. The SMILES string of the molecule is Cc1nc(-c2ccccc2)ncc1Br.c1ccccc1. The van der Waals surface area contributed by atoms with Crippen LogP contribution in [0.5, 0.6) is 0 Å². The Balaban J connectivity index is 0.000000205. The number of rotatable bonds is 1. The van der Waals surface area contributed by atoms with Gasteiger partial charge in [-0.15, -0.1) is 0 Å². The standard InChI is InChI=1S/C11H9BrN2.C6H6/c1-8-10(12)7-13-11(14-8)9-5-3-2-4-6-9;1-2-4-6-5-3-1/h2-7H,1H3;1-6H. The van der Waals surface area contributed by atoms with E-state index in [1.807, 2.05) is 73.7 Å². The van der Waals surface area contributed by atoms with Crippen molar-refractivity contribution in [3.05, 3.63) is 83.1 Å². The van der Waals surface area contributed by atoms with Crippen molar-refractivity contribution < 1.29 is 0 Å². The average molecular weight is 327 g/mol. The van der Waals surface area contributed by atoms with Crippen molar-refractivity contribution >= 4 is 15.9 Å². The molecule has 100 valence electrons. The van der Waals surface area contributed by atoms with Crippen molar-refractivity contribution in [3.63, 3.8) is 0 Å². The topological polar surface area (TPSA) is 25.8 Å². The molecule has 0 saturated heterocycles. The van der Waals surface area contributed by atoms with Gasteiger partial charge in [0.1, 0.15) is 0 Å². The van der Waals surface area contributed by atoms with E-state index in [1.165, 1.54) is 0 Å². The predicted octanol–water partition coefficient (Wildman–Crippen LogP) is 4.90. The van der Waals surface area contributed by atoms with Gasteiger partial charge in [-0.05, 0) is 22.9 Å². The minimum Gasteiger partial charge on any atom is -0.235 e. The second kappa shape index (κ2) is 7.56. The highest BCUT2D eigenvalue weighted by Gasteiger charge is 2.02. The van der Waals surface area contributed by atoms with E-state index in [-0.39, 0.29) is 0 Å². The summed E-state index contributed by atoms with van der Waals surface area (Å²) in [6, 6.07) is 22.0. The van der Waals surface area contributed by atoms with Crippen LogP contribution in [0.25, 0.3) is 11.4 Å². The number of nitrogens with zero attached hydrogens (tertiary/aromatic N) is 2. The Hall–Kier alpha value is -2.00. The maximum Gasteiger partial charge on any atom is 0.159 e. The van der Waals surface area contributed by atoms with Gasteiger partial charge in [0, 0.05) is 11.8 Å². The molecule has 0 fully saturated rings. The Morgan fingerprint density at radius 3 is 1.80 bits per heavy atom. The summed E-state index contributed by atoms with van der Waals surface area (Å²) in [5.41, 5.74) is 2.00. The summed E-state index contributed by atoms with van der Waals surface area (Å²) in [7, 11) is 0. The van der Waals surface area contributed by atoms with Crippen molar-refractivity contribution in [1.29, 1.82) is 0 Å². The minimum absolute atomic E-state index is 0.770. The quantitative estimate of drug-likeness (QED) is 0.635. The van der Waals surface area contributed by atoms with E-state index in [1.54, 1.807) is 6.20 Å². The van der Waals surface area contributed by atoms with Crippen LogP contribution in [0.2, 0.25) is 0 Å². The van der Waals surface area contributed by atoms with Gasteiger partial charge in [0.05, 0.1) is 10.2 Å². The van der Waals surface area contributed by atoms with Gasteiger partial charge in [-0.3, -0.25) is 0 Å². The molecule has 0 unspecified atom stereocenters. The molecule has 0 bridgehead atoms. The first-order valence-corrected chi connectivity index (χ1v) is 7.11. The highest BCUT2D eigenvalue weighted by atomic mass is 79.9. The summed E-state index contributed by atoms with van der Waals surface area (Å²) in [4.78, 5) is 8.64. The molecule has 1 heterocycles. The molecule has 0 aliphatic carbocycles. The Kier molecular flexibility index (Phi) is 5.44. The molecule has 0 aliphatic rings. The zero-order valence-electron chi connectivity index (χ0n) is 11.2. The molecule has 3 rings (SSSR count). The van der Waals surface area contributed by atoms with Crippen LogP contribution in [0.15, 0.2) is 77.4 Å². The molecule has 3 heteroatoms. The van der Waals surface area contributed by atoms with Crippen LogP contribution in [-0.4, -0.2) is 9.97 Å². The number of hydrogen-bond donors (Lipinski definition) is 0. The zero-order valence-corrected chi connectivity index (χ0v) is 12.8. The maximum absolute atomic E-state index is 4.38. The van der Waals surface area contributed by atoms with E-state index >= 15 is 0 Å². The lowest BCUT2D eigenvalue weighted by atomic mass is 10.2. The first-order valence-electron chi connectivity index (χ1n) is 6.32. The Morgan fingerprint density at radius 1 is 0.800 bits per heavy atom. The fraction of sp³-hybridized carbons (Fsp3) is 0.0588. The summed E-state index contributed by atoms with van der Waals surface area (Å²) in [5, 5.41) is 0. The normalized spacial score (nSPS) is 9.50. The van der Waals surface area contributed by atoms with Crippen LogP contribution < -0.4 is 0 Å². The molecule has 0 amide bonds. The van der Waals surface area contributed by atoms with Crippen LogP contribution in [0, 0.1) is 6.92 Å². The van der Waals surface area contributed by atoms with Crippen LogP contribution in [-0.2, 0) is 0 Å². The highest BCUT2D eigenvalue weighted by molar-refractivity contribution is 9.10. The molecule has 3 aromatic rings. The Bertz CT molecular complexity index is 613. The molecule has 0 aliphatic heterocycles. The summed E-state index contributed by atoms with van der Waals surface area (Å²) < 4.78 is 0.942. The molecule has 1 aromatic heterocycles. The molecule has 0 radical (unpaired) electrons. The maximum atomic E-state index is 4.38. The largest absolute Gasteiger partial charge is 0.235 e. The van der Waals surface area contributed by atoms with Crippen molar-refractivity contribution in [1.82, 2.24) is 9.97 Å². The smallest absolute Gasteiger partial charge is 0.159 e. The molecular weight excluding hydrogens is 312 g/mol. The summed E-state index contributed by atoms with van der Waals surface area (Å²) >= 11 is 3.38. The van der Waals surface area contributed by atoms with Crippen LogP contribution >= 0.6 is 15.9 Å². The van der Waals surface area contributed by atoms with Gasteiger partial charge in [0.25, 0.3) is 0 Å². The van der Waals surface area contributed by atoms with Crippen molar-refractivity contribution in [2.75, 3.05) is 0 Å². The molecule has 0 spiro atoms. The first-order chi connectivity index (χ1) is 9.77. The van der Waals surface area contributed by atoms with Crippen molar-refractivity contribution in [3.8, 4) is 11.4 Å². The Morgan fingerprint density at radius 2 is 1.30 bits per heavy atom. The predicted molar refractivity (Wildman–Crippen MR) is 86.3 cm³/mol. The molecule has 0 saturated carbocycles. The van der Waals surface area contributed by atoms with Crippen LogP contribution in [0.1, 0.15) is 5.69 Å². The van der Waals surface area contributed by atoms with Gasteiger partial charge in [-0.1, -0.05) is 66.7 Å². The van der Waals surface area contributed by atoms with Gasteiger partial charge in [0.15, 0.2) is 5.82 Å². The van der Waals surface area contributed by atoms with E-state index < -0.39 is 0 Å². The lowest BCUT2D eigenvalue weighted by molar-refractivity contribution is 1.09. The fourth-order valence-electron chi connectivity index (χ4n) is 1.56. The number of aryl methyl sites for hydroxylation is 1. The summed E-state index contributed by atoms with van der Waals surface area (Å²) in [5.74, 6) is 0.770. The number of aromatic nitrogens is 2. The molecular formula is C17H15BrN2. The lowest BCUT2D eigenvalue weighted by Gasteiger charge is -2.01. The van der Waals surface area contributed by atoms with E-state index in [4.69, 9.17) is 0 Å². The van der Waals surface area contributed by atoms with Crippen LogP contribution in [0.4, 0.5) is 0 Å². The van der Waals surface area contributed by atoms with E-state index in [2.05, 4.69) is 25.9 Å². The number of benzene rings is 2. The van der Waals surface area contributed by atoms with Gasteiger partial charge in [-0.2, -0.15) is 0 Å². The Labute approximate surface area is 127 Å². The molecule has 2 nitrogen and oxygen atoms in total. The minimum atomic E-state index is 0.770. The van der Waals surface area contributed by atoms with Crippen molar-refractivity contribution in [2.45, 2.75) is 6.92 Å². The third-order valence-corrected chi connectivity index (χ3v) is 3.40. The second-order valence-corrected chi connectivity index (χ2v) is 5.00. The summed E-state index contributed by atoms with van der Waals surface area (Å²) in [6.45, 7) is 1.96. The second-order valence-electron chi connectivity index (χ2n) is 4.15. The van der Waals surface area contributed by atoms with Crippen molar-refractivity contribution in [2.24, 2.45) is 0 Å². The highest BCUT2D eigenvalue weighted by Crippen LogP contribution is 2.18. The van der Waals surface area contributed by atoms with Gasteiger partial charge >= 0.3 is 0 Å². The molecule has 0 N–H and O–H groups in total. The zero-order chi connectivity index (χ0) is 14.2. The molecule has 2 aromatic carbocycles. The first kappa shape index (κ1) is 14.4. The van der Waals surface area contributed by atoms with Gasteiger partial charge < -0.3 is 0 Å². The number of halogens is 1. The van der Waals surface area contributed by atoms with Gasteiger partial charge in [-0.25, -0.2) is 9.97 Å². The average Bonchev–Trinajstić information content (AvgIpc) is 2.53. The lowest BCUT2D eigenvalue weighted by Crippen LogP contribution is -1.91. The van der Waals surface area contributed by atoms with E-state index in [0.29, 0.717) is 0 Å². The third kappa shape index (κ3) is 4.28. The monoisotopic (exact) mass is 326 g/mol. The number of hydrogen-bond acceptors (Lipinski definition) is 2. The van der Waals surface area contributed by atoms with Gasteiger partial charge in [0.2, 0.25) is 0 Å². The van der Waals surface area contributed by atoms with E-state index in [0.717, 1.165) is 21.6 Å². The third-order valence-electron chi connectivity index (χ3n) is 2.62. The molecule has 0 atom stereocenters. The fourth-order valence-corrected chi connectivity index (χ4v) is 1.75. The molecule has 20 heavy (non-hydrogen) atoms. The van der Waals surface area contributed by atoms with Crippen LogP contribution in [0.3, 0.4) is 0 Å². The van der Waals surface area contributed by atoms with E-state index in [9.17, 15) is 0 Å².